The van der Waals surface area contributed by atoms with Gasteiger partial charge in [-0.1, -0.05) is 12.1 Å². The topological polar surface area (TPSA) is 51.4 Å². The molecule has 1 aliphatic heterocycles. The Morgan fingerprint density at radius 3 is 2.85 bits per heavy atom. The van der Waals surface area contributed by atoms with E-state index >= 15 is 0 Å². The molecule has 5 rings (SSSR count). The summed E-state index contributed by atoms with van der Waals surface area (Å²) in [5.41, 5.74) is 4.21. The van der Waals surface area contributed by atoms with Crippen molar-refractivity contribution in [3.63, 3.8) is 0 Å². The van der Waals surface area contributed by atoms with Crippen molar-refractivity contribution in [2.24, 2.45) is 0 Å². The molecule has 1 saturated carbocycles. The summed E-state index contributed by atoms with van der Waals surface area (Å²) < 4.78 is 0. The number of nitrogens with zero attached hydrogens (tertiary/aromatic N) is 2. The van der Waals surface area contributed by atoms with Crippen molar-refractivity contribution in [1.29, 1.82) is 0 Å². The standard InChI is InChI=1S/C22H30N4O/c1-3-25(4-2)22(27)24-15-11-18-17-6-5-7-19-21(17)14(12-23-19)10-20(18)26(13-15)16-8-9-16/h5-7,12,15-16,18,20,23H,3-4,8-11,13H2,1-2H3,(H,24,27)/t15-,18?,20-/m1/s1. The second-order valence-corrected chi connectivity index (χ2v) is 8.44. The van der Waals surface area contributed by atoms with Crippen LogP contribution < -0.4 is 5.32 Å². The normalized spacial score (nSPS) is 27.4. The molecule has 1 aromatic heterocycles. The lowest BCUT2D eigenvalue weighted by Gasteiger charge is -2.47. The van der Waals surface area contributed by atoms with E-state index in [0.717, 1.165) is 32.5 Å². The number of H-pyrrole nitrogens is 1. The number of nitrogens with one attached hydrogen (secondary N) is 2. The third-order valence-electron chi connectivity index (χ3n) is 6.90. The van der Waals surface area contributed by atoms with Crippen molar-refractivity contribution in [3.8, 4) is 0 Å². The van der Waals surface area contributed by atoms with E-state index in [2.05, 4.69) is 39.6 Å². The number of fused-ring (bicyclic) bond motifs is 2. The molecule has 5 nitrogen and oxygen atoms in total. The molecule has 5 heteroatoms. The molecule has 2 fully saturated rings. The number of carbonyl (C=O) groups excluding carboxylic acids is 1. The van der Waals surface area contributed by atoms with Crippen LogP contribution in [0.15, 0.2) is 24.4 Å². The van der Waals surface area contributed by atoms with Crippen LogP contribution in [0.1, 0.15) is 50.2 Å². The molecule has 1 unspecified atom stereocenters. The molecule has 27 heavy (non-hydrogen) atoms. The van der Waals surface area contributed by atoms with Crippen LogP contribution in [0.25, 0.3) is 10.9 Å². The van der Waals surface area contributed by atoms with Crippen molar-refractivity contribution >= 4 is 16.9 Å². The molecule has 0 radical (unpaired) electrons. The molecular formula is C22H30N4O. The fourth-order valence-electron chi connectivity index (χ4n) is 5.44. The number of benzene rings is 1. The summed E-state index contributed by atoms with van der Waals surface area (Å²) in [4.78, 5) is 20.7. The quantitative estimate of drug-likeness (QED) is 0.871. The Kier molecular flexibility index (Phi) is 4.15. The number of aromatic nitrogens is 1. The highest BCUT2D eigenvalue weighted by Crippen LogP contribution is 2.46. The van der Waals surface area contributed by atoms with Gasteiger partial charge in [0.2, 0.25) is 0 Å². The molecule has 144 valence electrons. The first-order valence-corrected chi connectivity index (χ1v) is 10.6. The van der Waals surface area contributed by atoms with Crippen LogP contribution in [-0.4, -0.2) is 58.6 Å². The highest BCUT2D eigenvalue weighted by atomic mass is 16.2. The van der Waals surface area contributed by atoms with Crippen LogP contribution in [0.2, 0.25) is 0 Å². The summed E-state index contributed by atoms with van der Waals surface area (Å²) in [7, 11) is 0. The average Bonchev–Trinajstić information content (AvgIpc) is 3.44. The lowest BCUT2D eigenvalue weighted by molar-refractivity contribution is 0.0905. The lowest BCUT2D eigenvalue weighted by atomic mass is 9.73. The zero-order valence-electron chi connectivity index (χ0n) is 16.4. The van der Waals surface area contributed by atoms with E-state index in [9.17, 15) is 4.79 Å². The SMILES string of the molecule is CCN(CC)C(=O)N[C@@H]1CC2c3cccc4[nH]cc(c34)C[C@H]2N(C2CC2)C1. The van der Waals surface area contributed by atoms with Crippen molar-refractivity contribution in [3.05, 3.63) is 35.5 Å². The van der Waals surface area contributed by atoms with Gasteiger partial charge in [0.05, 0.1) is 0 Å². The van der Waals surface area contributed by atoms with Crippen LogP contribution in [0.3, 0.4) is 0 Å². The molecule has 2 heterocycles. The zero-order chi connectivity index (χ0) is 18.5. The number of piperidine rings is 1. The van der Waals surface area contributed by atoms with Crippen LogP contribution in [0, 0.1) is 0 Å². The van der Waals surface area contributed by atoms with Crippen LogP contribution in [-0.2, 0) is 6.42 Å². The highest BCUT2D eigenvalue weighted by molar-refractivity contribution is 5.88. The largest absolute Gasteiger partial charge is 0.361 e. The number of hydrogen-bond donors (Lipinski definition) is 2. The highest BCUT2D eigenvalue weighted by Gasteiger charge is 2.46. The number of aromatic amines is 1. The molecule has 2 aliphatic carbocycles. The van der Waals surface area contributed by atoms with E-state index in [0.29, 0.717) is 18.0 Å². The van der Waals surface area contributed by atoms with E-state index in [1.54, 1.807) is 0 Å². The minimum Gasteiger partial charge on any atom is -0.361 e. The molecule has 0 bridgehead atoms. The molecule has 3 atom stereocenters. The van der Waals surface area contributed by atoms with Crippen molar-refractivity contribution < 1.29 is 4.79 Å². The molecule has 2 aromatic rings. The number of amides is 2. The maximum Gasteiger partial charge on any atom is 0.317 e. The van der Waals surface area contributed by atoms with Gasteiger partial charge in [0.1, 0.15) is 0 Å². The van der Waals surface area contributed by atoms with Gasteiger partial charge < -0.3 is 15.2 Å². The van der Waals surface area contributed by atoms with Crippen molar-refractivity contribution in [2.75, 3.05) is 19.6 Å². The van der Waals surface area contributed by atoms with Gasteiger partial charge >= 0.3 is 6.03 Å². The monoisotopic (exact) mass is 366 g/mol. The molecule has 0 spiro atoms. The number of carbonyl (C=O) groups is 1. The number of hydrogen-bond acceptors (Lipinski definition) is 2. The van der Waals surface area contributed by atoms with Gasteiger partial charge in [-0.15, -0.1) is 0 Å². The summed E-state index contributed by atoms with van der Waals surface area (Å²) in [6.07, 6.45) is 7.01. The minimum absolute atomic E-state index is 0.0931. The Hall–Kier alpha value is -2.01. The number of urea groups is 1. The first-order valence-electron chi connectivity index (χ1n) is 10.6. The summed E-state index contributed by atoms with van der Waals surface area (Å²) in [6.45, 7) is 6.62. The number of likely N-dealkylation sites (tertiary alicyclic amines) is 1. The van der Waals surface area contributed by atoms with E-state index in [-0.39, 0.29) is 12.1 Å². The van der Waals surface area contributed by atoms with Crippen LogP contribution in [0.4, 0.5) is 4.79 Å². The molecule has 2 amide bonds. The van der Waals surface area contributed by atoms with Crippen LogP contribution in [0.5, 0.6) is 0 Å². The van der Waals surface area contributed by atoms with Gasteiger partial charge in [-0.3, -0.25) is 4.90 Å². The Balaban J connectivity index is 1.46. The van der Waals surface area contributed by atoms with E-state index in [4.69, 9.17) is 0 Å². The minimum atomic E-state index is 0.0931. The third kappa shape index (κ3) is 2.83. The fourth-order valence-corrected chi connectivity index (χ4v) is 5.44. The molecule has 2 N–H and O–H groups in total. The number of rotatable bonds is 4. The van der Waals surface area contributed by atoms with E-state index in [1.165, 1.54) is 34.9 Å². The maximum absolute atomic E-state index is 12.7. The van der Waals surface area contributed by atoms with Crippen molar-refractivity contribution in [2.45, 2.75) is 63.6 Å². The molecule has 1 saturated heterocycles. The predicted octanol–water partition coefficient (Wildman–Crippen LogP) is 3.46. The van der Waals surface area contributed by atoms with Crippen LogP contribution >= 0.6 is 0 Å². The van der Waals surface area contributed by atoms with Gasteiger partial charge in [0.15, 0.2) is 0 Å². The maximum atomic E-state index is 12.7. The second-order valence-electron chi connectivity index (χ2n) is 8.44. The molecule has 3 aliphatic rings. The lowest BCUT2D eigenvalue weighted by Crippen LogP contribution is -2.58. The van der Waals surface area contributed by atoms with E-state index in [1.807, 2.05) is 18.7 Å². The summed E-state index contributed by atoms with van der Waals surface area (Å²) in [6, 6.07) is 8.30. The molecular weight excluding hydrogens is 336 g/mol. The Bertz CT molecular complexity index is 851. The summed E-state index contributed by atoms with van der Waals surface area (Å²) in [5.74, 6) is 0.508. The Morgan fingerprint density at radius 1 is 1.30 bits per heavy atom. The Labute approximate surface area is 161 Å². The van der Waals surface area contributed by atoms with Gasteiger partial charge in [-0.25, -0.2) is 4.79 Å². The molecule has 1 aromatic carbocycles. The van der Waals surface area contributed by atoms with Crippen molar-refractivity contribution in [1.82, 2.24) is 20.1 Å². The van der Waals surface area contributed by atoms with Gasteiger partial charge in [-0.05, 0) is 56.7 Å². The summed E-state index contributed by atoms with van der Waals surface area (Å²) >= 11 is 0. The smallest absolute Gasteiger partial charge is 0.317 e. The van der Waals surface area contributed by atoms with E-state index < -0.39 is 0 Å². The first kappa shape index (κ1) is 17.1. The summed E-state index contributed by atoms with van der Waals surface area (Å²) in [5, 5.41) is 4.79. The van der Waals surface area contributed by atoms with Gasteiger partial charge in [0, 0.05) is 60.8 Å². The fraction of sp³-hybridized carbons (Fsp3) is 0.591. The third-order valence-corrected chi connectivity index (χ3v) is 6.90. The van der Waals surface area contributed by atoms with Gasteiger partial charge in [-0.2, -0.15) is 0 Å². The average molecular weight is 367 g/mol. The second kappa shape index (κ2) is 6.55. The Morgan fingerprint density at radius 2 is 2.11 bits per heavy atom. The zero-order valence-corrected chi connectivity index (χ0v) is 16.4. The predicted molar refractivity (Wildman–Crippen MR) is 108 cm³/mol. The van der Waals surface area contributed by atoms with Gasteiger partial charge in [0.25, 0.3) is 0 Å². The first-order chi connectivity index (χ1) is 13.2.